The number of rotatable bonds is 8. The van der Waals surface area contributed by atoms with Crippen LogP contribution in [0.3, 0.4) is 0 Å². The normalized spacial score (nSPS) is 16.4. The number of aryl methyl sites for hydroxylation is 2. The van der Waals surface area contributed by atoms with Crippen molar-refractivity contribution in [1.29, 1.82) is 0 Å². The molecule has 1 N–H and O–H groups in total. The number of anilines is 1. The number of fused-ring (bicyclic) bond motifs is 1. The first kappa shape index (κ1) is 23.1. The van der Waals surface area contributed by atoms with E-state index in [0.29, 0.717) is 19.8 Å². The van der Waals surface area contributed by atoms with Crippen molar-refractivity contribution in [3.8, 4) is 0 Å². The summed E-state index contributed by atoms with van der Waals surface area (Å²) >= 11 is 0. The van der Waals surface area contributed by atoms with Crippen LogP contribution in [0.15, 0.2) is 48.2 Å². The standard InChI is InChI=1S/C26H29FN2O4/c1-2-33-26(31)23(16-28-21-8-7-19-4-3-5-20(19)15-21)25(30)22-14-18(6-9-24(22)27)17-29-10-12-32-13-11-29/h6-9,14-16,28H,2-5,10-13,17H2,1H3/b23-16+. The molecule has 1 aliphatic carbocycles. The van der Waals surface area contributed by atoms with Crippen molar-refractivity contribution in [1.82, 2.24) is 4.90 Å². The Morgan fingerprint density at radius 2 is 1.91 bits per heavy atom. The maximum absolute atomic E-state index is 14.7. The molecule has 6 nitrogen and oxygen atoms in total. The van der Waals surface area contributed by atoms with E-state index in [9.17, 15) is 14.0 Å². The highest BCUT2D eigenvalue weighted by atomic mass is 19.1. The van der Waals surface area contributed by atoms with Crippen LogP contribution in [-0.4, -0.2) is 49.6 Å². The van der Waals surface area contributed by atoms with E-state index in [0.717, 1.165) is 43.6 Å². The molecule has 1 saturated heterocycles. The maximum atomic E-state index is 14.7. The molecule has 0 bridgehead atoms. The summed E-state index contributed by atoms with van der Waals surface area (Å²) in [6, 6.07) is 10.5. The lowest BCUT2D eigenvalue weighted by molar-refractivity contribution is -0.138. The Morgan fingerprint density at radius 3 is 2.70 bits per heavy atom. The van der Waals surface area contributed by atoms with Gasteiger partial charge in [0.05, 0.1) is 25.4 Å². The number of nitrogens with one attached hydrogen (secondary N) is 1. The van der Waals surface area contributed by atoms with Gasteiger partial charge in [-0.3, -0.25) is 9.69 Å². The number of morpholine rings is 1. The molecule has 0 atom stereocenters. The lowest BCUT2D eigenvalue weighted by Crippen LogP contribution is -2.35. The van der Waals surface area contributed by atoms with E-state index in [-0.39, 0.29) is 17.7 Å². The van der Waals surface area contributed by atoms with Gasteiger partial charge in [0.1, 0.15) is 11.4 Å². The van der Waals surface area contributed by atoms with Gasteiger partial charge in [0.2, 0.25) is 5.78 Å². The molecular formula is C26H29FN2O4. The lowest BCUT2D eigenvalue weighted by atomic mass is 10.0. The van der Waals surface area contributed by atoms with E-state index in [1.54, 1.807) is 13.0 Å². The Balaban J connectivity index is 1.57. The highest BCUT2D eigenvalue weighted by Gasteiger charge is 2.25. The molecule has 174 valence electrons. The van der Waals surface area contributed by atoms with Crippen LogP contribution in [0.2, 0.25) is 0 Å². The molecule has 2 aromatic rings. The average Bonchev–Trinajstić information content (AvgIpc) is 3.29. The molecular weight excluding hydrogens is 423 g/mol. The molecule has 33 heavy (non-hydrogen) atoms. The average molecular weight is 453 g/mol. The minimum atomic E-state index is -0.783. The molecule has 0 saturated carbocycles. The van der Waals surface area contributed by atoms with Crippen LogP contribution in [0, 0.1) is 5.82 Å². The van der Waals surface area contributed by atoms with E-state index >= 15 is 0 Å². The monoisotopic (exact) mass is 452 g/mol. The summed E-state index contributed by atoms with van der Waals surface area (Å²) in [6.45, 7) is 5.21. The topological polar surface area (TPSA) is 67.9 Å². The van der Waals surface area contributed by atoms with Gasteiger partial charge in [0.25, 0.3) is 0 Å². The van der Waals surface area contributed by atoms with E-state index in [1.807, 2.05) is 12.1 Å². The van der Waals surface area contributed by atoms with Crippen molar-refractivity contribution < 1.29 is 23.5 Å². The fraction of sp³-hybridized carbons (Fsp3) is 0.385. The zero-order chi connectivity index (χ0) is 23.2. The molecule has 1 heterocycles. The smallest absolute Gasteiger partial charge is 0.343 e. The van der Waals surface area contributed by atoms with E-state index in [1.165, 1.54) is 29.5 Å². The van der Waals surface area contributed by atoms with Crippen LogP contribution in [0.5, 0.6) is 0 Å². The second-order valence-electron chi connectivity index (χ2n) is 8.29. The molecule has 2 aromatic carbocycles. The van der Waals surface area contributed by atoms with Crippen molar-refractivity contribution >= 4 is 17.4 Å². The summed E-state index contributed by atoms with van der Waals surface area (Å²) in [5, 5.41) is 3.04. The largest absolute Gasteiger partial charge is 0.462 e. The summed E-state index contributed by atoms with van der Waals surface area (Å²) in [7, 11) is 0. The SMILES string of the molecule is CCOC(=O)/C(=C/Nc1ccc2c(c1)CCC2)C(=O)c1cc(CN2CCOCC2)ccc1F. The Hall–Kier alpha value is -3.03. The zero-order valence-electron chi connectivity index (χ0n) is 18.9. The summed E-state index contributed by atoms with van der Waals surface area (Å²) in [5.74, 6) is -2.16. The molecule has 0 radical (unpaired) electrons. The van der Waals surface area contributed by atoms with Crippen LogP contribution in [-0.2, 0) is 33.7 Å². The molecule has 4 rings (SSSR count). The summed E-state index contributed by atoms with van der Waals surface area (Å²) in [5.41, 5.74) is 3.78. The number of esters is 1. The van der Waals surface area contributed by atoms with Crippen molar-refractivity contribution in [2.24, 2.45) is 0 Å². The summed E-state index contributed by atoms with van der Waals surface area (Å²) < 4.78 is 25.1. The fourth-order valence-corrected chi connectivity index (χ4v) is 4.25. The quantitative estimate of drug-likeness (QED) is 0.216. The van der Waals surface area contributed by atoms with Crippen LogP contribution < -0.4 is 5.32 Å². The lowest BCUT2D eigenvalue weighted by Gasteiger charge is -2.26. The fourth-order valence-electron chi connectivity index (χ4n) is 4.25. The molecule has 0 aromatic heterocycles. The van der Waals surface area contributed by atoms with E-state index in [2.05, 4.69) is 16.3 Å². The van der Waals surface area contributed by atoms with Gasteiger partial charge in [-0.2, -0.15) is 0 Å². The van der Waals surface area contributed by atoms with Crippen molar-refractivity contribution in [2.75, 3.05) is 38.2 Å². The number of benzene rings is 2. The first-order valence-electron chi connectivity index (χ1n) is 11.4. The van der Waals surface area contributed by atoms with E-state index < -0.39 is 17.6 Å². The molecule has 1 fully saturated rings. The van der Waals surface area contributed by atoms with Gasteiger partial charge in [-0.25, -0.2) is 9.18 Å². The number of nitrogens with zero attached hydrogens (tertiary/aromatic N) is 1. The number of Topliss-reactive ketones (excluding diaryl/α,β-unsaturated/α-hetero) is 1. The summed E-state index contributed by atoms with van der Waals surface area (Å²) in [6.07, 6.45) is 4.53. The van der Waals surface area contributed by atoms with Crippen LogP contribution in [0.25, 0.3) is 0 Å². The number of hydrogen-bond donors (Lipinski definition) is 1. The first-order chi connectivity index (χ1) is 16.0. The van der Waals surface area contributed by atoms with Gasteiger partial charge >= 0.3 is 5.97 Å². The van der Waals surface area contributed by atoms with Crippen molar-refractivity contribution in [3.05, 3.63) is 76.2 Å². The molecule has 2 aliphatic rings. The Morgan fingerprint density at radius 1 is 1.12 bits per heavy atom. The van der Waals surface area contributed by atoms with Crippen LogP contribution in [0.1, 0.15) is 40.4 Å². The van der Waals surface area contributed by atoms with Crippen molar-refractivity contribution in [3.63, 3.8) is 0 Å². The summed E-state index contributed by atoms with van der Waals surface area (Å²) in [4.78, 5) is 28.0. The van der Waals surface area contributed by atoms with Crippen molar-refractivity contribution in [2.45, 2.75) is 32.7 Å². The molecule has 0 spiro atoms. The van der Waals surface area contributed by atoms with Gasteiger partial charge in [-0.05, 0) is 67.1 Å². The Bertz CT molecular complexity index is 1060. The van der Waals surface area contributed by atoms with Gasteiger partial charge < -0.3 is 14.8 Å². The third-order valence-corrected chi connectivity index (χ3v) is 6.01. The van der Waals surface area contributed by atoms with E-state index in [4.69, 9.17) is 9.47 Å². The highest BCUT2D eigenvalue weighted by Crippen LogP contribution is 2.25. The number of hydrogen-bond acceptors (Lipinski definition) is 6. The number of halogens is 1. The predicted octanol–water partition coefficient (Wildman–Crippen LogP) is 3.89. The van der Waals surface area contributed by atoms with Gasteiger partial charge in [0.15, 0.2) is 0 Å². The second kappa shape index (κ2) is 10.7. The number of carbonyl (C=O) groups excluding carboxylic acids is 2. The van der Waals surface area contributed by atoms with Gasteiger partial charge in [-0.1, -0.05) is 12.1 Å². The highest BCUT2D eigenvalue weighted by molar-refractivity contribution is 6.24. The second-order valence-corrected chi connectivity index (χ2v) is 8.29. The molecule has 1 aliphatic heterocycles. The number of carbonyl (C=O) groups is 2. The van der Waals surface area contributed by atoms with Crippen LogP contribution >= 0.6 is 0 Å². The van der Waals surface area contributed by atoms with Crippen LogP contribution in [0.4, 0.5) is 10.1 Å². The predicted molar refractivity (Wildman–Crippen MR) is 124 cm³/mol. The minimum Gasteiger partial charge on any atom is -0.462 e. The van der Waals surface area contributed by atoms with Gasteiger partial charge in [-0.15, -0.1) is 0 Å². The minimum absolute atomic E-state index is 0.113. The number of ketones is 1. The Labute approximate surface area is 193 Å². The molecule has 7 heteroatoms. The first-order valence-corrected chi connectivity index (χ1v) is 11.4. The number of ether oxygens (including phenoxy) is 2. The third-order valence-electron chi connectivity index (χ3n) is 6.01. The zero-order valence-corrected chi connectivity index (χ0v) is 18.9. The molecule has 0 unspecified atom stereocenters. The molecule has 0 amide bonds. The Kier molecular flexibility index (Phi) is 7.52. The van der Waals surface area contributed by atoms with Gasteiger partial charge in [0, 0.05) is 31.5 Å². The third kappa shape index (κ3) is 5.67. The maximum Gasteiger partial charge on any atom is 0.343 e.